The van der Waals surface area contributed by atoms with Gasteiger partial charge >= 0.3 is 5.97 Å². The van der Waals surface area contributed by atoms with Crippen LogP contribution in [0.5, 0.6) is 0 Å². The predicted octanol–water partition coefficient (Wildman–Crippen LogP) is 11.4. The molecule has 3 atom stereocenters. The molecule has 0 aromatic heterocycles. The number of rotatable bonds is 39. The maximum Gasteiger partial charge on any atom is 0.306 e. The van der Waals surface area contributed by atoms with Crippen LogP contribution in [0, 0.1) is 0 Å². The van der Waals surface area contributed by atoms with E-state index in [1.165, 1.54) is 83.5 Å². The summed E-state index contributed by atoms with van der Waals surface area (Å²) in [5.41, 5.74) is 0. The van der Waals surface area contributed by atoms with Gasteiger partial charge in [-0.15, -0.1) is 0 Å². The first kappa shape index (κ1) is 53.7. The topological polar surface area (TPSA) is 114 Å². The van der Waals surface area contributed by atoms with Crippen molar-refractivity contribution in [3.63, 3.8) is 0 Å². The summed E-state index contributed by atoms with van der Waals surface area (Å²) < 4.78 is 34.2. The number of hydrogen-bond donors (Lipinski definition) is 1. The number of carbonyl (C=O) groups is 1. The fourth-order valence-electron chi connectivity index (χ4n) is 5.51. The van der Waals surface area contributed by atoms with Crippen molar-refractivity contribution in [3.8, 4) is 0 Å². The average Bonchev–Trinajstić information content (AvgIpc) is 3.14. The Balaban J connectivity index is 4.47. The molecule has 0 amide bonds. The van der Waals surface area contributed by atoms with E-state index in [1.54, 1.807) is 12.3 Å². The molecule has 0 radical (unpaired) electrons. The lowest BCUT2D eigenvalue weighted by atomic mass is 10.0. The molecule has 0 spiro atoms. The smallest absolute Gasteiger partial charge is 0.306 e. The highest BCUT2D eigenvalue weighted by Gasteiger charge is 2.20. The van der Waals surface area contributed by atoms with Crippen LogP contribution in [0.3, 0.4) is 0 Å². The van der Waals surface area contributed by atoms with Gasteiger partial charge in [-0.1, -0.05) is 158 Å². The van der Waals surface area contributed by atoms with Crippen molar-refractivity contribution < 1.29 is 42.4 Å². The second-order valence-electron chi connectivity index (χ2n) is 15.6. The Kier molecular flexibility index (Phi) is 36.7. The van der Waals surface area contributed by atoms with Crippen molar-refractivity contribution >= 4 is 13.8 Å². The number of quaternary nitrogens is 1. The van der Waals surface area contributed by atoms with Crippen LogP contribution in [0.25, 0.3) is 0 Å². The first-order valence-corrected chi connectivity index (χ1v) is 23.3. The normalized spacial score (nSPS) is 15.0. The molecule has 0 fully saturated rings. The van der Waals surface area contributed by atoms with Crippen LogP contribution in [0.1, 0.15) is 155 Å². The second-order valence-corrected chi connectivity index (χ2v) is 17.0. The number of allylic oxidation sites excluding steroid dienone is 9. The lowest BCUT2D eigenvalue weighted by Crippen LogP contribution is -2.37. The molecule has 9 nitrogen and oxygen atoms in total. The molecule has 0 saturated carbocycles. The van der Waals surface area contributed by atoms with Gasteiger partial charge in [-0.2, -0.15) is 0 Å². The molecule has 0 bridgehead atoms. The number of phosphoric ester groups is 1. The molecular formula is C46H82NO8P. The van der Waals surface area contributed by atoms with Gasteiger partial charge < -0.3 is 33.0 Å². The molecule has 324 valence electrons. The fraction of sp³-hybridized carbons (Fsp3) is 0.717. The van der Waals surface area contributed by atoms with Gasteiger partial charge in [0.15, 0.2) is 6.10 Å². The molecule has 0 aliphatic rings. The minimum atomic E-state index is -4.57. The van der Waals surface area contributed by atoms with Crippen molar-refractivity contribution in [3.05, 3.63) is 73.1 Å². The van der Waals surface area contributed by atoms with Crippen LogP contribution in [0.2, 0.25) is 0 Å². The first-order chi connectivity index (χ1) is 27.0. The van der Waals surface area contributed by atoms with Crippen molar-refractivity contribution in [2.45, 2.75) is 167 Å². The van der Waals surface area contributed by atoms with E-state index in [9.17, 15) is 19.4 Å². The molecule has 1 N–H and O–H groups in total. The Morgan fingerprint density at radius 1 is 0.696 bits per heavy atom. The highest BCUT2D eigenvalue weighted by Crippen LogP contribution is 2.38. The second kappa shape index (κ2) is 38.3. The van der Waals surface area contributed by atoms with E-state index < -0.39 is 26.0 Å². The Hall–Kier alpha value is -2.26. The molecule has 0 aliphatic heterocycles. The molecule has 0 aromatic rings. The van der Waals surface area contributed by atoms with E-state index in [1.807, 2.05) is 63.7 Å². The molecular weight excluding hydrogens is 725 g/mol. The van der Waals surface area contributed by atoms with E-state index >= 15 is 0 Å². The SMILES string of the molecule is CC/C=C\C/C=C\CC(O)/C=C/C=C\C/C=C\CCCC(=O)O[C@H](CO/C=C/CCCCCCCCCCCCCCCC)COP(=O)([O-])OCC[N+](C)(C)C. The lowest BCUT2D eigenvalue weighted by Gasteiger charge is -2.28. The van der Waals surface area contributed by atoms with Crippen LogP contribution in [-0.2, 0) is 27.9 Å². The zero-order valence-corrected chi connectivity index (χ0v) is 37.1. The summed E-state index contributed by atoms with van der Waals surface area (Å²) in [6.07, 6.45) is 46.2. The largest absolute Gasteiger partial charge is 0.756 e. The number of esters is 1. The highest BCUT2D eigenvalue weighted by atomic mass is 31.2. The van der Waals surface area contributed by atoms with Crippen LogP contribution >= 0.6 is 7.82 Å². The van der Waals surface area contributed by atoms with E-state index in [2.05, 4.69) is 32.1 Å². The monoisotopic (exact) mass is 808 g/mol. The summed E-state index contributed by atoms with van der Waals surface area (Å²) in [7, 11) is 1.24. The van der Waals surface area contributed by atoms with Gasteiger partial charge in [0.25, 0.3) is 7.82 Å². The van der Waals surface area contributed by atoms with Crippen molar-refractivity contribution in [1.29, 1.82) is 0 Å². The number of unbranched alkanes of at least 4 members (excludes halogenated alkanes) is 15. The molecule has 0 saturated heterocycles. The third-order valence-electron chi connectivity index (χ3n) is 8.92. The van der Waals surface area contributed by atoms with Crippen molar-refractivity contribution in [2.24, 2.45) is 0 Å². The maximum atomic E-state index is 12.6. The summed E-state index contributed by atoms with van der Waals surface area (Å²) >= 11 is 0. The average molecular weight is 808 g/mol. The minimum absolute atomic E-state index is 0.00813. The Morgan fingerprint density at radius 2 is 1.29 bits per heavy atom. The van der Waals surface area contributed by atoms with Gasteiger partial charge in [-0.3, -0.25) is 9.36 Å². The standard InChI is InChI=1S/C46H82NO8P/c1-6-8-10-12-14-15-16-17-18-19-20-21-24-27-31-35-40-52-42-45(43-54-56(50,51)53-41-39-47(3,4)5)55-46(49)38-34-30-26-23-22-25-29-33-37-44(48)36-32-28-13-11-9-7-2/h9,11,23,25-26,28-29,32-33,35,37,40,44-45,48H,6-8,10,12-22,24,27,30-31,34,36,38-39,41-43H2,1-5H3/b11-9-,26-23-,29-25-,32-28-,37-33+,40-35+/t44?,45-/m1/s1. The summed E-state index contributed by atoms with van der Waals surface area (Å²) in [6, 6.07) is 0. The molecule has 0 aromatic carbocycles. The van der Waals surface area contributed by atoms with E-state index in [4.69, 9.17) is 18.5 Å². The minimum Gasteiger partial charge on any atom is -0.756 e. The third kappa shape index (κ3) is 41.4. The molecule has 0 heterocycles. The zero-order chi connectivity index (χ0) is 41.4. The van der Waals surface area contributed by atoms with E-state index in [-0.39, 0.29) is 26.2 Å². The number of carbonyl (C=O) groups excluding carboxylic acids is 1. The number of ether oxygens (including phenoxy) is 2. The van der Waals surface area contributed by atoms with Gasteiger partial charge in [-0.05, 0) is 57.4 Å². The fourth-order valence-corrected chi connectivity index (χ4v) is 6.24. The van der Waals surface area contributed by atoms with Crippen molar-refractivity contribution in [2.75, 3.05) is 47.5 Å². The molecule has 0 aliphatic carbocycles. The molecule has 2 unspecified atom stereocenters. The summed E-state index contributed by atoms with van der Waals surface area (Å²) in [4.78, 5) is 25.0. The highest BCUT2D eigenvalue weighted by molar-refractivity contribution is 7.45. The number of aliphatic hydroxyl groups excluding tert-OH is 1. The Labute approximate surface area is 343 Å². The Bertz CT molecular complexity index is 1140. The van der Waals surface area contributed by atoms with Gasteiger partial charge in [0.05, 0.1) is 40.1 Å². The number of phosphoric acid groups is 1. The zero-order valence-electron chi connectivity index (χ0n) is 36.2. The van der Waals surface area contributed by atoms with Crippen LogP contribution < -0.4 is 4.89 Å². The number of likely N-dealkylation sites (N-methyl/N-ethyl adjacent to an activating group) is 1. The van der Waals surface area contributed by atoms with Crippen molar-refractivity contribution in [1.82, 2.24) is 0 Å². The number of hydrogen-bond acceptors (Lipinski definition) is 8. The van der Waals surface area contributed by atoms with Gasteiger partial charge in [0, 0.05) is 6.42 Å². The van der Waals surface area contributed by atoms with Gasteiger partial charge in [0.2, 0.25) is 0 Å². The van der Waals surface area contributed by atoms with Crippen LogP contribution in [-0.4, -0.2) is 75.3 Å². The maximum absolute atomic E-state index is 12.6. The summed E-state index contributed by atoms with van der Waals surface area (Å²) in [5.74, 6) is -0.440. The quantitative estimate of drug-likeness (QED) is 0.0124. The van der Waals surface area contributed by atoms with Gasteiger partial charge in [0.1, 0.15) is 19.8 Å². The lowest BCUT2D eigenvalue weighted by molar-refractivity contribution is -0.870. The molecule has 10 heteroatoms. The van der Waals surface area contributed by atoms with E-state index in [0.29, 0.717) is 30.3 Å². The number of aliphatic hydroxyl groups is 1. The van der Waals surface area contributed by atoms with E-state index in [0.717, 1.165) is 32.1 Å². The summed E-state index contributed by atoms with van der Waals surface area (Å²) in [5, 5.41) is 10.0. The van der Waals surface area contributed by atoms with Gasteiger partial charge in [-0.25, -0.2) is 0 Å². The predicted molar refractivity (Wildman–Crippen MR) is 232 cm³/mol. The third-order valence-corrected chi connectivity index (χ3v) is 9.88. The summed E-state index contributed by atoms with van der Waals surface area (Å²) in [6.45, 7) is 4.45. The first-order valence-electron chi connectivity index (χ1n) is 21.8. The molecule has 0 rings (SSSR count). The van der Waals surface area contributed by atoms with Crippen LogP contribution in [0.4, 0.5) is 0 Å². The Morgan fingerprint density at radius 3 is 1.93 bits per heavy atom. The van der Waals surface area contributed by atoms with Crippen LogP contribution in [0.15, 0.2) is 73.1 Å². The molecule has 56 heavy (non-hydrogen) atoms. The number of nitrogens with zero attached hydrogens (tertiary/aromatic N) is 1.